The van der Waals surface area contributed by atoms with Crippen LogP contribution in [0.3, 0.4) is 0 Å². The van der Waals surface area contributed by atoms with Crippen molar-refractivity contribution in [3.05, 3.63) is 33.7 Å². The Balaban J connectivity index is 2.90. The minimum Gasteiger partial charge on any atom is -0.389 e. The molecule has 0 saturated heterocycles. The fourth-order valence-corrected chi connectivity index (χ4v) is 1.63. The number of aromatic nitrogens is 1. The van der Waals surface area contributed by atoms with Crippen LogP contribution in [-0.2, 0) is 11.3 Å². The minimum atomic E-state index is -0.546. The molecule has 1 rings (SSSR count). The molecule has 0 aliphatic heterocycles. The third-order valence-corrected chi connectivity index (χ3v) is 2.31. The summed E-state index contributed by atoms with van der Waals surface area (Å²) in [6, 6.07) is 3.12. The van der Waals surface area contributed by atoms with Gasteiger partial charge in [-0.25, -0.2) is 0 Å². The highest BCUT2D eigenvalue weighted by Gasteiger charge is 2.07. The fraction of sp³-hybridized carbons (Fsp3) is 0.545. The molecule has 0 saturated carbocycles. The number of aliphatic hydroxyl groups excluding tert-OH is 1. The number of aliphatic hydroxyl groups is 1. The van der Waals surface area contributed by atoms with Gasteiger partial charge in [0.1, 0.15) is 0 Å². The fourth-order valence-electron chi connectivity index (χ4n) is 1.63. The molecule has 84 valence electrons. The van der Waals surface area contributed by atoms with Gasteiger partial charge in [0.15, 0.2) is 5.43 Å². The van der Waals surface area contributed by atoms with Gasteiger partial charge in [-0.15, -0.1) is 0 Å². The first-order valence-corrected chi connectivity index (χ1v) is 4.89. The summed E-state index contributed by atoms with van der Waals surface area (Å²) < 4.78 is 6.76. The van der Waals surface area contributed by atoms with E-state index in [1.54, 1.807) is 19.2 Å². The van der Waals surface area contributed by atoms with E-state index in [0.29, 0.717) is 13.2 Å². The first-order chi connectivity index (χ1) is 7.04. The van der Waals surface area contributed by atoms with Gasteiger partial charge in [0.05, 0.1) is 19.3 Å². The second kappa shape index (κ2) is 5.09. The molecule has 0 aliphatic carbocycles. The first kappa shape index (κ1) is 11.9. The van der Waals surface area contributed by atoms with Crippen molar-refractivity contribution in [1.82, 2.24) is 4.57 Å². The highest BCUT2D eigenvalue weighted by Crippen LogP contribution is 2.03. The maximum atomic E-state index is 11.2. The standard InChI is InChI=1S/C11H17NO3/c1-8-4-10(13)5-9(2)12(8)6-11(14)7-15-3/h4-5,11,14H,6-7H2,1-3H3. The van der Waals surface area contributed by atoms with Crippen LogP contribution in [0.1, 0.15) is 11.4 Å². The van der Waals surface area contributed by atoms with E-state index in [0.717, 1.165) is 11.4 Å². The molecular weight excluding hydrogens is 194 g/mol. The molecule has 4 nitrogen and oxygen atoms in total. The van der Waals surface area contributed by atoms with Crippen LogP contribution in [0.25, 0.3) is 0 Å². The summed E-state index contributed by atoms with van der Waals surface area (Å²) in [5.41, 5.74) is 1.72. The van der Waals surface area contributed by atoms with E-state index >= 15 is 0 Å². The van der Waals surface area contributed by atoms with Crippen molar-refractivity contribution in [3.63, 3.8) is 0 Å². The molecule has 0 amide bonds. The number of hydrogen-bond acceptors (Lipinski definition) is 3. The van der Waals surface area contributed by atoms with Crippen molar-refractivity contribution in [1.29, 1.82) is 0 Å². The number of nitrogens with zero attached hydrogens (tertiary/aromatic N) is 1. The molecule has 0 radical (unpaired) electrons. The zero-order valence-electron chi connectivity index (χ0n) is 9.36. The second-order valence-electron chi connectivity index (χ2n) is 3.69. The van der Waals surface area contributed by atoms with E-state index in [1.165, 1.54) is 0 Å². The van der Waals surface area contributed by atoms with Gasteiger partial charge in [0.25, 0.3) is 0 Å². The van der Waals surface area contributed by atoms with Crippen LogP contribution in [0.2, 0.25) is 0 Å². The quantitative estimate of drug-likeness (QED) is 0.787. The van der Waals surface area contributed by atoms with Gasteiger partial charge < -0.3 is 14.4 Å². The molecule has 1 aromatic rings. The molecule has 15 heavy (non-hydrogen) atoms. The lowest BCUT2D eigenvalue weighted by Crippen LogP contribution is -2.24. The molecular formula is C11H17NO3. The van der Waals surface area contributed by atoms with Crippen molar-refractivity contribution in [3.8, 4) is 0 Å². The van der Waals surface area contributed by atoms with Gasteiger partial charge in [-0.1, -0.05) is 0 Å². The van der Waals surface area contributed by atoms with E-state index in [2.05, 4.69) is 0 Å². The Morgan fingerprint density at radius 2 is 1.93 bits per heavy atom. The smallest absolute Gasteiger partial charge is 0.182 e. The lowest BCUT2D eigenvalue weighted by atomic mass is 10.2. The Morgan fingerprint density at radius 1 is 1.40 bits per heavy atom. The summed E-state index contributed by atoms with van der Waals surface area (Å²) in [7, 11) is 1.55. The van der Waals surface area contributed by atoms with Crippen molar-refractivity contribution in [2.24, 2.45) is 0 Å². The van der Waals surface area contributed by atoms with Gasteiger partial charge >= 0.3 is 0 Å². The third kappa shape index (κ3) is 3.18. The van der Waals surface area contributed by atoms with Gasteiger partial charge in [0, 0.05) is 30.6 Å². The van der Waals surface area contributed by atoms with Crippen LogP contribution in [0, 0.1) is 13.8 Å². The van der Waals surface area contributed by atoms with Crippen LogP contribution in [0.15, 0.2) is 16.9 Å². The van der Waals surface area contributed by atoms with Crippen LogP contribution >= 0.6 is 0 Å². The zero-order valence-corrected chi connectivity index (χ0v) is 9.36. The predicted molar refractivity (Wildman–Crippen MR) is 58.1 cm³/mol. The Kier molecular flexibility index (Phi) is 4.05. The van der Waals surface area contributed by atoms with Crippen LogP contribution in [0.4, 0.5) is 0 Å². The van der Waals surface area contributed by atoms with Gasteiger partial charge in [-0.05, 0) is 13.8 Å². The third-order valence-electron chi connectivity index (χ3n) is 2.31. The lowest BCUT2D eigenvalue weighted by molar-refractivity contribution is 0.0528. The molecule has 0 aromatic carbocycles. The van der Waals surface area contributed by atoms with E-state index < -0.39 is 6.10 Å². The summed E-state index contributed by atoms with van der Waals surface area (Å²) >= 11 is 0. The molecule has 1 heterocycles. The number of aryl methyl sites for hydroxylation is 2. The summed E-state index contributed by atoms with van der Waals surface area (Å²) in [4.78, 5) is 11.2. The molecule has 0 fully saturated rings. The summed E-state index contributed by atoms with van der Waals surface area (Å²) in [6.45, 7) is 4.46. The Bertz CT molecular complexity index is 358. The van der Waals surface area contributed by atoms with Crippen molar-refractivity contribution >= 4 is 0 Å². The maximum absolute atomic E-state index is 11.2. The monoisotopic (exact) mass is 211 g/mol. The molecule has 1 unspecified atom stereocenters. The van der Waals surface area contributed by atoms with Crippen molar-refractivity contribution in [2.45, 2.75) is 26.5 Å². The second-order valence-corrected chi connectivity index (χ2v) is 3.69. The van der Waals surface area contributed by atoms with Gasteiger partial charge in [-0.3, -0.25) is 4.79 Å². The van der Waals surface area contributed by atoms with Gasteiger partial charge in [-0.2, -0.15) is 0 Å². The summed E-state index contributed by atoms with van der Waals surface area (Å²) in [5.74, 6) is 0. The van der Waals surface area contributed by atoms with E-state index in [-0.39, 0.29) is 5.43 Å². The number of methoxy groups -OCH3 is 1. The maximum Gasteiger partial charge on any atom is 0.182 e. The molecule has 1 aromatic heterocycles. The molecule has 0 bridgehead atoms. The molecule has 1 N–H and O–H groups in total. The van der Waals surface area contributed by atoms with Crippen LogP contribution in [-0.4, -0.2) is 29.5 Å². The number of ether oxygens (including phenoxy) is 1. The Labute approximate surface area is 89.1 Å². The number of rotatable bonds is 4. The van der Waals surface area contributed by atoms with E-state index in [9.17, 15) is 9.90 Å². The predicted octanol–water partition coefficient (Wildman–Crippen LogP) is 0.472. The highest BCUT2D eigenvalue weighted by molar-refractivity contribution is 5.12. The topological polar surface area (TPSA) is 51.5 Å². The molecule has 4 heteroatoms. The number of hydrogen-bond donors (Lipinski definition) is 1. The SMILES string of the molecule is COCC(O)Cn1c(C)cc(=O)cc1C. The Morgan fingerprint density at radius 3 is 2.40 bits per heavy atom. The average molecular weight is 211 g/mol. The highest BCUT2D eigenvalue weighted by atomic mass is 16.5. The van der Waals surface area contributed by atoms with Gasteiger partial charge in [0.2, 0.25) is 0 Å². The zero-order chi connectivity index (χ0) is 11.4. The van der Waals surface area contributed by atoms with E-state index in [4.69, 9.17) is 4.74 Å². The normalized spacial score (nSPS) is 12.8. The van der Waals surface area contributed by atoms with Crippen LogP contribution in [0.5, 0.6) is 0 Å². The molecule has 0 aliphatic rings. The Hall–Kier alpha value is -1.13. The van der Waals surface area contributed by atoms with Crippen molar-refractivity contribution < 1.29 is 9.84 Å². The summed E-state index contributed by atoms with van der Waals surface area (Å²) in [6.07, 6.45) is -0.546. The van der Waals surface area contributed by atoms with E-state index in [1.807, 2.05) is 18.4 Å². The average Bonchev–Trinajstić information content (AvgIpc) is 2.11. The number of pyridine rings is 1. The summed E-state index contributed by atoms with van der Waals surface area (Å²) in [5, 5.41) is 9.60. The first-order valence-electron chi connectivity index (χ1n) is 4.89. The van der Waals surface area contributed by atoms with Crippen molar-refractivity contribution in [2.75, 3.05) is 13.7 Å². The molecule has 1 atom stereocenters. The largest absolute Gasteiger partial charge is 0.389 e. The lowest BCUT2D eigenvalue weighted by Gasteiger charge is -2.17. The minimum absolute atomic E-state index is 0.00230. The van der Waals surface area contributed by atoms with Crippen LogP contribution < -0.4 is 5.43 Å². The molecule has 0 spiro atoms.